The van der Waals surface area contributed by atoms with Crippen LogP contribution in [0.15, 0.2) is 42.5 Å². The van der Waals surface area contributed by atoms with E-state index in [0.29, 0.717) is 33.7 Å². The van der Waals surface area contributed by atoms with Crippen molar-refractivity contribution in [2.24, 2.45) is 0 Å². The minimum absolute atomic E-state index is 0.0655. The third kappa shape index (κ3) is 5.59. The Morgan fingerprint density at radius 3 is 2.30 bits per heavy atom. The van der Waals surface area contributed by atoms with Crippen molar-refractivity contribution in [3.8, 4) is 11.5 Å². The monoisotopic (exact) mass is 482 g/mol. The minimum atomic E-state index is -0.329. The van der Waals surface area contributed by atoms with Crippen molar-refractivity contribution in [1.82, 2.24) is 10.2 Å². The summed E-state index contributed by atoms with van der Waals surface area (Å²) in [4.78, 5) is 26.7. The molecule has 1 N–H and O–H groups in total. The van der Waals surface area contributed by atoms with E-state index in [2.05, 4.69) is 27.9 Å². The van der Waals surface area contributed by atoms with E-state index in [1.54, 1.807) is 24.1 Å². The molecule has 0 saturated heterocycles. The van der Waals surface area contributed by atoms with Crippen molar-refractivity contribution in [2.75, 3.05) is 27.3 Å². The zero-order valence-corrected chi connectivity index (χ0v) is 17.8. The molecule has 0 atom stereocenters. The van der Waals surface area contributed by atoms with Crippen LogP contribution in [0.4, 0.5) is 0 Å². The molecule has 2 rings (SSSR count). The van der Waals surface area contributed by atoms with Gasteiger partial charge in [0.1, 0.15) is 0 Å². The van der Waals surface area contributed by atoms with Gasteiger partial charge in [-0.15, -0.1) is 0 Å². The lowest BCUT2D eigenvalue weighted by molar-refractivity contribution is -0.130. The highest BCUT2D eigenvalue weighted by molar-refractivity contribution is 14.1. The van der Waals surface area contributed by atoms with Crippen molar-refractivity contribution >= 4 is 34.4 Å². The molecule has 0 bridgehead atoms. The summed E-state index contributed by atoms with van der Waals surface area (Å²) in [5.74, 6) is 0.554. The van der Waals surface area contributed by atoms with Crippen LogP contribution in [0, 0.1) is 3.57 Å². The van der Waals surface area contributed by atoms with E-state index in [4.69, 9.17) is 9.47 Å². The molecule has 2 amide bonds. The van der Waals surface area contributed by atoms with Gasteiger partial charge in [-0.3, -0.25) is 9.59 Å². The highest BCUT2D eigenvalue weighted by Gasteiger charge is 2.18. The van der Waals surface area contributed by atoms with E-state index in [1.807, 2.05) is 37.3 Å². The standard InChI is InChI=1S/C20H23IN2O4/c1-4-23(13-14-8-6-5-7-9-14)19(24)12-22-20(25)15-10-17(26-2)18(27-3)11-16(15)21/h5-11H,4,12-13H2,1-3H3,(H,22,25). The van der Waals surface area contributed by atoms with Crippen LogP contribution in [0.1, 0.15) is 22.8 Å². The Morgan fingerprint density at radius 2 is 1.70 bits per heavy atom. The Bertz CT molecular complexity index is 796. The number of halogens is 1. The first-order valence-corrected chi connectivity index (χ1v) is 9.59. The molecule has 0 fully saturated rings. The lowest BCUT2D eigenvalue weighted by atomic mass is 10.2. The quantitative estimate of drug-likeness (QED) is 0.588. The zero-order valence-electron chi connectivity index (χ0n) is 15.6. The van der Waals surface area contributed by atoms with Gasteiger partial charge < -0.3 is 19.7 Å². The van der Waals surface area contributed by atoms with E-state index in [-0.39, 0.29) is 18.4 Å². The Balaban J connectivity index is 2.02. The Kier molecular flexibility index (Phi) is 7.90. The third-order valence-electron chi connectivity index (χ3n) is 4.07. The maximum atomic E-state index is 12.5. The molecule has 0 aliphatic carbocycles. The molecule has 7 heteroatoms. The molecule has 0 aliphatic heterocycles. The first kappa shape index (κ1) is 21.0. The van der Waals surface area contributed by atoms with E-state index < -0.39 is 0 Å². The molecule has 0 spiro atoms. The minimum Gasteiger partial charge on any atom is -0.493 e. The molecular formula is C20H23IN2O4. The zero-order chi connectivity index (χ0) is 19.8. The number of carbonyl (C=O) groups is 2. The molecule has 0 aliphatic rings. The second-order valence-corrected chi connectivity index (χ2v) is 6.93. The van der Waals surface area contributed by atoms with Crippen LogP contribution < -0.4 is 14.8 Å². The molecule has 2 aromatic carbocycles. The van der Waals surface area contributed by atoms with Crippen LogP contribution in [0.5, 0.6) is 11.5 Å². The number of likely N-dealkylation sites (N-methyl/N-ethyl adjacent to an activating group) is 1. The summed E-state index contributed by atoms with van der Waals surface area (Å²) in [6.45, 7) is 2.93. The van der Waals surface area contributed by atoms with Gasteiger partial charge in [-0.05, 0) is 47.2 Å². The van der Waals surface area contributed by atoms with Crippen molar-refractivity contribution in [3.63, 3.8) is 0 Å². The summed E-state index contributed by atoms with van der Waals surface area (Å²) in [7, 11) is 3.05. The molecule has 0 aromatic heterocycles. The number of nitrogens with one attached hydrogen (secondary N) is 1. The van der Waals surface area contributed by atoms with Crippen LogP contribution in [-0.4, -0.2) is 44.0 Å². The number of carbonyl (C=O) groups excluding carboxylic acids is 2. The molecule has 2 aromatic rings. The number of benzene rings is 2. The molecule has 0 unspecified atom stereocenters. The average molecular weight is 482 g/mol. The predicted octanol–water partition coefficient (Wildman–Crippen LogP) is 3.09. The van der Waals surface area contributed by atoms with E-state index in [1.165, 1.54) is 7.11 Å². The SMILES string of the molecule is CCN(Cc1ccccc1)C(=O)CNC(=O)c1cc(OC)c(OC)cc1I. The van der Waals surface area contributed by atoms with Crippen molar-refractivity contribution in [3.05, 3.63) is 57.2 Å². The molecule has 6 nitrogen and oxygen atoms in total. The van der Waals surface area contributed by atoms with Crippen molar-refractivity contribution in [2.45, 2.75) is 13.5 Å². The van der Waals surface area contributed by atoms with Gasteiger partial charge in [0.05, 0.1) is 26.3 Å². The third-order valence-corrected chi connectivity index (χ3v) is 4.96. The smallest absolute Gasteiger partial charge is 0.252 e. The summed E-state index contributed by atoms with van der Waals surface area (Å²) in [5.41, 5.74) is 1.49. The largest absolute Gasteiger partial charge is 0.493 e. The molecule has 0 radical (unpaired) electrons. The first-order chi connectivity index (χ1) is 13.0. The fourth-order valence-corrected chi connectivity index (χ4v) is 3.25. The normalized spacial score (nSPS) is 10.2. The van der Waals surface area contributed by atoms with Crippen LogP contribution in [0.3, 0.4) is 0 Å². The first-order valence-electron chi connectivity index (χ1n) is 8.51. The Morgan fingerprint density at radius 1 is 1.07 bits per heavy atom. The molecule has 0 heterocycles. The second-order valence-electron chi connectivity index (χ2n) is 5.76. The molecular weight excluding hydrogens is 459 g/mol. The number of nitrogens with zero attached hydrogens (tertiary/aromatic N) is 1. The lowest BCUT2D eigenvalue weighted by Crippen LogP contribution is -2.40. The van der Waals surface area contributed by atoms with Gasteiger partial charge >= 0.3 is 0 Å². The topological polar surface area (TPSA) is 67.9 Å². The Labute approximate surface area is 173 Å². The van der Waals surface area contributed by atoms with Gasteiger partial charge in [0.15, 0.2) is 11.5 Å². The predicted molar refractivity (Wildman–Crippen MR) is 112 cm³/mol. The van der Waals surface area contributed by atoms with Crippen LogP contribution in [0.25, 0.3) is 0 Å². The number of ether oxygens (including phenoxy) is 2. The number of amides is 2. The number of methoxy groups -OCH3 is 2. The summed E-state index contributed by atoms with van der Waals surface area (Å²) in [5, 5.41) is 2.70. The highest BCUT2D eigenvalue weighted by Crippen LogP contribution is 2.31. The van der Waals surface area contributed by atoms with E-state index in [9.17, 15) is 9.59 Å². The fourth-order valence-electron chi connectivity index (χ4n) is 2.57. The van der Waals surface area contributed by atoms with Gasteiger partial charge in [0.25, 0.3) is 5.91 Å². The number of hydrogen-bond acceptors (Lipinski definition) is 4. The average Bonchev–Trinajstić information content (AvgIpc) is 2.70. The molecule has 27 heavy (non-hydrogen) atoms. The Hall–Kier alpha value is -2.29. The fraction of sp³-hybridized carbons (Fsp3) is 0.300. The van der Waals surface area contributed by atoms with Gasteiger partial charge in [-0.1, -0.05) is 30.3 Å². The lowest BCUT2D eigenvalue weighted by Gasteiger charge is -2.21. The summed E-state index contributed by atoms with van der Waals surface area (Å²) < 4.78 is 11.2. The maximum Gasteiger partial charge on any atom is 0.252 e. The van der Waals surface area contributed by atoms with Crippen LogP contribution >= 0.6 is 22.6 Å². The van der Waals surface area contributed by atoms with Crippen LogP contribution in [0.2, 0.25) is 0 Å². The maximum absolute atomic E-state index is 12.5. The summed E-state index contributed by atoms with van der Waals surface area (Å²) in [6.07, 6.45) is 0. The number of rotatable bonds is 8. The van der Waals surface area contributed by atoms with Crippen LogP contribution in [-0.2, 0) is 11.3 Å². The van der Waals surface area contributed by atoms with Crippen molar-refractivity contribution < 1.29 is 19.1 Å². The van der Waals surface area contributed by atoms with Gasteiger partial charge in [0.2, 0.25) is 5.91 Å². The van der Waals surface area contributed by atoms with E-state index in [0.717, 1.165) is 5.56 Å². The van der Waals surface area contributed by atoms with Gasteiger partial charge in [0, 0.05) is 16.7 Å². The van der Waals surface area contributed by atoms with Gasteiger partial charge in [-0.25, -0.2) is 0 Å². The molecule has 144 valence electrons. The second kappa shape index (κ2) is 10.1. The number of hydrogen-bond donors (Lipinski definition) is 1. The highest BCUT2D eigenvalue weighted by atomic mass is 127. The van der Waals surface area contributed by atoms with Gasteiger partial charge in [-0.2, -0.15) is 0 Å². The van der Waals surface area contributed by atoms with Crippen molar-refractivity contribution in [1.29, 1.82) is 0 Å². The summed E-state index contributed by atoms with van der Waals surface area (Å²) in [6, 6.07) is 13.1. The summed E-state index contributed by atoms with van der Waals surface area (Å²) >= 11 is 2.06. The molecule has 0 saturated carbocycles. The van der Waals surface area contributed by atoms with E-state index >= 15 is 0 Å².